The van der Waals surface area contributed by atoms with E-state index in [1.165, 1.54) is 29.7 Å². The first-order valence-corrected chi connectivity index (χ1v) is 9.06. The highest BCUT2D eigenvalue weighted by Crippen LogP contribution is 2.42. The van der Waals surface area contributed by atoms with Crippen molar-refractivity contribution in [2.75, 3.05) is 11.9 Å². The molecule has 1 unspecified atom stereocenters. The molecule has 23 heavy (non-hydrogen) atoms. The van der Waals surface area contributed by atoms with Crippen LogP contribution in [-0.2, 0) is 6.42 Å². The Bertz CT molecular complexity index is 683. The second-order valence-corrected chi connectivity index (χ2v) is 7.34. The van der Waals surface area contributed by atoms with Crippen molar-refractivity contribution in [1.82, 2.24) is 15.1 Å². The molecule has 1 aromatic heterocycles. The van der Waals surface area contributed by atoms with Crippen LogP contribution in [0.4, 0.5) is 9.93 Å². The Hall–Kier alpha value is -1.95. The van der Waals surface area contributed by atoms with Gasteiger partial charge in [0.15, 0.2) is 0 Å². The molecule has 1 aliphatic carbocycles. The van der Waals surface area contributed by atoms with Gasteiger partial charge in [0.25, 0.3) is 0 Å². The average Bonchev–Trinajstić information content (AvgIpc) is 3.13. The largest absolute Gasteiger partial charge is 0.323 e. The molecule has 2 aliphatic rings. The molecule has 120 valence electrons. The van der Waals surface area contributed by atoms with E-state index in [-0.39, 0.29) is 12.1 Å². The number of hydrogen-bond acceptors (Lipinski definition) is 4. The van der Waals surface area contributed by atoms with Crippen molar-refractivity contribution >= 4 is 22.5 Å². The number of amides is 2. The summed E-state index contributed by atoms with van der Waals surface area (Å²) in [6.45, 7) is 0.817. The number of benzene rings is 1. The monoisotopic (exact) mass is 328 g/mol. The van der Waals surface area contributed by atoms with Gasteiger partial charge in [-0.15, -0.1) is 10.2 Å². The number of nitrogens with one attached hydrogen (secondary N) is 1. The summed E-state index contributed by atoms with van der Waals surface area (Å²) >= 11 is 1.51. The van der Waals surface area contributed by atoms with E-state index in [0.717, 1.165) is 30.8 Å². The molecule has 0 radical (unpaired) electrons. The maximum atomic E-state index is 12.6. The molecule has 1 atom stereocenters. The minimum atomic E-state index is -0.0399. The van der Waals surface area contributed by atoms with Gasteiger partial charge in [-0.3, -0.25) is 5.32 Å². The second kappa shape index (κ2) is 6.28. The number of rotatable bonds is 4. The van der Waals surface area contributed by atoms with E-state index >= 15 is 0 Å². The van der Waals surface area contributed by atoms with Crippen LogP contribution in [0.1, 0.15) is 42.2 Å². The summed E-state index contributed by atoms with van der Waals surface area (Å²) < 4.78 is 0. The van der Waals surface area contributed by atoms with Crippen molar-refractivity contribution in [1.29, 1.82) is 0 Å². The van der Waals surface area contributed by atoms with Gasteiger partial charge in [0, 0.05) is 18.5 Å². The van der Waals surface area contributed by atoms with Crippen LogP contribution in [0.3, 0.4) is 0 Å². The lowest BCUT2D eigenvalue weighted by molar-refractivity contribution is 0.206. The lowest BCUT2D eigenvalue weighted by atomic mass is 10.0. The third-order valence-electron chi connectivity index (χ3n) is 4.53. The average molecular weight is 328 g/mol. The summed E-state index contributed by atoms with van der Waals surface area (Å²) in [6, 6.07) is 10.6. The first-order chi connectivity index (χ1) is 11.3. The molecular weight excluding hydrogens is 308 g/mol. The van der Waals surface area contributed by atoms with Gasteiger partial charge in [0.2, 0.25) is 5.13 Å². The van der Waals surface area contributed by atoms with E-state index in [9.17, 15) is 4.79 Å². The summed E-state index contributed by atoms with van der Waals surface area (Å²) in [4.78, 5) is 14.5. The predicted molar refractivity (Wildman–Crippen MR) is 90.8 cm³/mol. The Balaban J connectivity index is 1.39. The summed E-state index contributed by atoms with van der Waals surface area (Å²) in [5, 5.41) is 12.9. The van der Waals surface area contributed by atoms with E-state index in [2.05, 4.69) is 39.8 Å². The third-order valence-corrected chi connectivity index (χ3v) is 5.53. The van der Waals surface area contributed by atoms with E-state index in [0.29, 0.717) is 11.0 Å². The van der Waals surface area contributed by atoms with Crippen molar-refractivity contribution in [3.63, 3.8) is 0 Å². The predicted octanol–water partition coefficient (Wildman–Crippen LogP) is 3.65. The van der Waals surface area contributed by atoms with Crippen LogP contribution >= 0.6 is 11.3 Å². The minimum absolute atomic E-state index is 0.0399. The van der Waals surface area contributed by atoms with Crippen LogP contribution in [-0.4, -0.2) is 33.7 Å². The van der Waals surface area contributed by atoms with E-state index < -0.39 is 0 Å². The molecule has 4 rings (SSSR count). The molecule has 2 amide bonds. The summed E-state index contributed by atoms with van der Waals surface area (Å²) in [6.07, 6.45) is 5.44. The molecule has 6 heteroatoms. The molecule has 2 aromatic rings. The first-order valence-electron chi connectivity index (χ1n) is 8.24. The molecule has 2 fully saturated rings. The molecule has 1 saturated heterocycles. The van der Waals surface area contributed by atoms with Gasteiger partial charge in [-0.1, -0.05) is 41.7 Å². The highest BCUT2D eigenvalue weighted by atomic mass is 32.1. The van der Waals surface area contributed by atoms with Crippen LogP contribution in [0.15, 0.2) is 30.3 Å². The SMILES string of the molecule is O=C(Nc1nnc(C2CC2)s1)N1CCCC1Cc1ccccc1. The highest BCUT2D eigenvalue weighted by molar-refractivity contribution is 7.15. The van der Waals surface area contributed by atoms with Crippen LogP contribution in [0.5, 0.6) is 0 Å². The van der Waals surface area contributed by atoms with Gasteiger partial charge < -0.3 is 4.90 Å². The molecule has 1 saturated carbocycles. The molecule has 5 nitrogen and oxygen atoms in total. The fraction of sp³-hybridized carbons (Fsp3) is 0.471. The zero-order valence-corrected chi connectivity index (χ0v) is 13.8. The third kappa shape index (κ3) is 3.37. The molecule has 2 heterocycles. The van der Waals surface area contributed by atoms with E-state index in [1.807, 2.05) is 11.0 Å². The lowest BCUT2D eigenvalue weighted by Crippen LogP contribution is -2.39. The normalized spacial score (nSPS) is 20.7. The smallest absolute Gasteiger partial charge is 0.321 e. The number of anilines is 1. The highest BCUT2D eigenvalue weighted by Gasteiger charge is 2.31. The number of nitrogens with zero attached hydrogens (tertiary/aromatic N) is 3. The summed E-state index contributed by atoms with van der Waals surface area (Å²) in [5.41, 5.74) is 1.28. The zero-order chi connectivity index (χ0) is 15.6. The van der Waals surface area contributed by atoms with Gasteiger partial charge in [0.05, 0.1) is 0 Å². The Labute approximate surface area is 139 Å². The topological polar surface area (TPSA) is 58.1 Å². The number of carbonyl (C=O) groups is 1. The number of carbonyl (C=O) groups excluding carboxylic acids is 1. The molecule has 0 spiro atoms. The van der Waals surface area contributed by atoms with Gasteiger partial charge in [-0.25, -0.2) is 4.79 Å². The van der Waals surface area contributed by atoms with Crippen LogP contribution < -0.4 is 5.32 Å². The number of urea groups is 1. The lowest BCUT2D eigenvalue weighted by Gasteiger charge is -2.24. The number of hydrogen-bond donors (Lipinski definition) is 1. The van der Waals surface area contributed by atoms with E-state index in [1.54, 1.807) is 0 Å². The van der Waals surface area contributed by atoms with Gasteiger partial charge in [0.1, 0.15) is 5.01 Å². The maximum Gasteiger partial charge on any atom is 0.323 e. The summed E-state index contributed by atoms with van der Waals surface area (Å²) in [5.74, 6) is 0.579. The molecular formula is C17H20N4OS. The Morgan fingerprint density at radius 1 is 1.22 bits per heavy atom. The molecule has 0 bridgehead atoms. The first kappa shape index (κ1) is 14.6. The van der Waals surface area contributed by atoms with Crippen LogP contribution in [0.2, 0.25) is 0 Å². The van der Waals surface area contributed by atoms with Gasteiger partial charge >= 0.3 is 6.03 Å². The second-order valence-electron chi connectivity index (χ2n) is 6.33. The molecule has 1 aromatic carbocycles. The quantitative estimate of drug-likeness (QED) is 0.932. The van der Waals surface area contributed by atoms with Crippen molar-refractivity contribution in [2.45, 2.75) is 44.1 Å². The van der Waals surface area contributed by atoms with E-state index in [4.69, 9.17) is 0 Å². The van der Waals surface area contributed by atoms with Crippen molar-refractivity contribution < 1.29 is 4.79 Å². The Morgan fingerprint density at radius 2 is 2.04 bits per heavy atom. The molecule has 1 N–H and O–H groups in total. The van der Waals surface area contributed by atoms with Crippen LogP contribution in [0, 0.1) is 0 Å². The fourth-order valence-electron chi connectivity index (χ4n) is 3.15. The number of aromatic nitrogens is 2. The summed E-state index contributed by atoms with van der Waals surface area (Å²) in [7, 11) is 0. The van der Waals surface area contributed by atoms with Crippen LogP contribution in [0.25, 0.3) is 0 Å². The fourth-order valence-corrected chi connectivity index (χ4v) is 4.05. The van der Waals surface area contributed by atoms with Crippen molar-refractivity contribution in [2.24, 2.45) is 0 Å². The number of likely N-dealkylation sites (tertiary alicyclic amines) is 1. The van der Waals surface area contributed by atoms with Gasteiger partial charge in [-0.2, -0.15) is 0 Å². The Morgan fingerprint density at radius 3 is 2.83 bits per heavy atom. The maximum absolute atomic E-state index is 12.6. The van der Waals surface area contributed by atoms with Gasteiger partial charge in [-0.05, 0) is 37.7 Å². The Kier molecular flexibility index (Phi) is 3.99. The zero-order valence-electron chi connectivity index (χ0n) is 12.9. The standard InChI is InChI=1S/C17H20N4OS/c22-17(18-16-20-19-15(23-16)13-8-9-13)21-10-4-7-14(21)11-12-5-2-1-3-6-12/h1-3,5-6,13-14H,4,7-11H2,(H,18,20,22). The minimum Gasteiger partial charge on any atom is -0.321 e. The molecule has 1 aliphatic heterocycles. The van der Waals surface area contributed by atoms with Crippen molar-refractivity contribution in [3.8, 4) is 0 Å². The van der Waals surface area contributed by atoms with Crippen molar-refractivity contribution in [3.05, 3.63) is 40.9 Å².